The second-order valence-electron chi connectivity index (χ2n) is 15.5. The number of fused-ring (bicyclic) bond motifs is 6. The molecule has 0 aromatic carbocycles. The highest BCUT2D eigenvalue weighted by Crippen LogP contribution is 2.41. The summed E-state index contributed by atoms with van der Waals surface area (Å²) in [6.45, 7) is 18.0. The summed E-state index contributed by atoms with van der Waals surface area (Å²) in [5.41, 5.74) is 2.88. The Morgan fingerprint density at radius 3 is 2.47 bits per heavy atom. The third-order valence-corrected chi connectivity index (χ3v) is 10.1. The highest BCUT2D eigenvalue weighted by atomic mass is 32.2. The zero-order valence-corrected chi connectivity index (χ0v) is 28.8. The van der Waals surface area contributed by atoms with E-state index in [1.54, 1.807) is 18.2 Å². The summed E-state index contributed by atoms with van der Waals surface area (Å²) in [5.74, 6) is 0.540. The summed E-state index contributed by atoms with van der Waals surface area (Å²) < 4.78 is 29.3. The number of carbonyl (C=O) groups excluding carboxylic acids is 1. The molecule has 10 heteroatoms. The summed E-state index contributed by atoms with van der Waals surface area (Å²) in [6, 6.07) is 12.4. The van der Waals surface area contributed by atoms with Crippen molar-refractivity contribution >= 4 is 27.6 Å². The Bertz CT molecular complexity index is 1670. The summed E-state index contributed by atoms with van der Waals surface area (Å²) in [5, 5.41) is 3.26. The van der Waals surface area contributed by atoms with Gasteiger partial charge < -0.3 is 10.2 Å². The van der Waals surface area contributed by atoms with Crippen LogP contribution in [0.2, 0.25) is 0 Å². The third kappa shape index (κ3) is 7.65. The van der Waals surface area contributed by atoms with E-state index in [0.29, 0.717) is 24.1 Å². The van der Waals surface area contributed by atoms with Crippen LogP contribution in [0.15, 0.2) is 53.7 Å². The SMILES string of the molecule is CC(C)(C)CCc1ccnc(C2CC[C@@H]3CN(c4nc(C(C)(C)C)ccc4C(=O)NS(=O)(=O)c4cccc(n4)N2)C(C)(C)C3)c1. The molecule has 1 fully saturated rings. The van der Waals surface area contributed by atoms with Crippen LogP contribution in [-0.4, -0.2) is 41.4 Å². The molecule has 0 aliphatic carbocycles. The Hall–Kier alpha value is -3.53. The van der Waals surface area contributed by atoms with E-state index in [4.69, 9.17) is 9.97 Å². The van der Waals surface area contributed by atoms with E-state index in [2.05, 4.69) is 87.4 Å². The summed E-state index contributed by atoms with van der Waals surface area (Å²) in [4.78, 5) is 30.1. The lowest BCUT2D eigenvalue weighted by atomic mass is 9.88. The van der Waals surface area contributed by atoms with Gasteiger partial charge in [0, 0.05) is 29.4 Å². The fourth-order valence-electron chi connectivity index (χ4n) is 6.31. The molecule has 3 aromatic rings. The van der Waals surface area contributed by atoms with Crippen molar-refractivity contribution in [3.8, 4) is 0 Å². The predicted molar refractivity (Wildman–Crippen MR) is 179 cm³/mol. The van der Waals surface area contributed by atoms with E-state index in [1.165, 1.54) is 11.6 Å². The third-order valence-electron chi connectivity index (χ3n) is 8.88. The van der Waals surface area contributed by atoms with Gasteiger partial charge in [-0.1, -0.05) is 47.6 Å². The van der Waals surface area contributed by atoms with Gasteiger partial charge in [-0.15, -0.1) is 0 Å². The first-order chi connectivity index (χ1) is 20.9. The van der Waals surface area contributed by atoms with Crippen LogP contribution in [0.1, 0.15) is 114 Å². The van der Waals surface area contributed by atoms with Gasteiger partial charge in [0.1, 0.15) is 11.6 Å². The van der Waals surface area contributed by atoms with Crippen molar-refractivity contribution in [2.75, 3.05) is 16.8 Å². The van der Waals surface area contributed by atoms with Crippen LogP contribution in [-0.2, 0) is 21.9 Å². The lowest BCUT2D eigenvalue weighted by Gasteiger charge is -2.34. The molecule has 5 rings (SSSR count). The maximum Gasteiger partial charge on any atom is 0.281 e. The Kier molecular flexibility index (Phi) is 8.76. The highest BCUT2D eigenvalue weighted by Gasteiger charge is 2.41. The topological polar surface area (TPSA) is 117 Å². The monoisotopic (exact) mass is 632 g/mol. The van der Waals surface area contributed by atoms with Crippen LogP contribution in [0.4, 0.5) is 11.6 Å². The highest BCUT2D eigenvalue weighted by molar-refractivity contribution is 7.90. The van der Waals surface area contributed by atoms with E-state index in [9.17, 15) is 13.2 Å². The van der Waals surface area contributed by atoms with Crippen LogP contribution < -0.4 is 14.9 Å². The molecule has 2 aliphatic heterocycles. The molecule has 1 unspecified atom stereocenters. The second-order valence-corrected chi connectivity index (χ2v) is 17.2. The molecule has 0 radical (unpaired) electrons. The minimum Gasteiger partial charge on any atom is -0.362 e. The normalized spacial score (nSPS) is 21.6. The molecule has 5 heterocycles. The predicted octanol–water partition coefficient (Wildman–Crippen LogP) is 6.82. The zero-order chi connectivity index (χ0) is 32.8. The summed E-state index contributed by atoms with van der Waals surface area (Å²) in [6.07, 6.45) is 6.47. The molecule has 1 amide bonds. The number of pyridine rings is 3. The van der Waals surface area contributed by atoms with Crippen molar-refractivity contribution in [2.45, 2.75) is 110 Å². The van der Waals surface area contributed by atoms with E-state index < -0.39 is 15.9 Å². The lowest BCUT2D eigenvalue weighted by Crippen LogP contribution is -2.41. The van der Waals surface area contributed by atoms with Crippen LogP contribution in [0.3, 0.4) is 0 Å². The van der Waals surface area contributed by atoms with Crippen molar-refractivity contribution < 1.29 is 13.2 Å². The first-order valence-corrected chi connectivity index (χ1v) is 17.4. The second kappa shape index (κ2) is 12.0. The average Bonchev–Trinajstić information content (AvgIpc) is 3.26. The van der Waals surface area contributed by atoms with E-state index in [1.807, 2.05) is 12.3 Å². The molecular weight excluding hydrogens is 584 g/mol. The number of hydrogen-bond donors (Lipinski definition) is 2. The van der Waals surface area contributed by atoms with Crippen molar-refractivity contribution in [1.29, 1.82) is 0 Å². The van der Waals surface area contributed by atoms with Crippen LogP contribution >= 0.6 is 0 Å². The maximum absolute atomic E-state index is 13.7. The first kappa shape index (κ1) is 32.9. The van der Waals surface area contributed by atoms with Gasteiger partial charge in [-0.2, -0.15) is 8.42 Å². The number of rotatable bonds is 3. The van der Waals surface area contributed by atoms with Gasteiger partial charge in [0.05, 0.1) is 17.3 Å². The zero-order valence-electron chi connectivity index (χ0n) is 27.9. The number of aryl methyl sites for hydroxylation is 1. The lowest BCUT2D eigenvalue weighted by molar-refractivity contribution is 0.0981. The minimum absolute atomic E-state index is 0.181. The Balaban J connectivity index is 1.57. The largest absolute Gasteiger partial charge is 0.362 e. The van der Waals surface area contributed by atoms with Crippen molar-refractivity contribution in [1.82, 2.24) is 19.7 Å². The van der Waals surface area contributed by atoms with Crippen molar-refractivity contribution in [3.63, 3.8) is 0 Å². The molecule has 1 saturated heterocycles. The quantitative estimate of drug-likeness (QED) is 0.323. The van der Waals surface area contributed by atoms with Crippen molar-refractivity contribution in [2.24, 2.45) is 11.3 Å². The molecule has 2 N–H and O–H groups in total. The Labute approximate surface area is 268 Å². The van der Waals surface area contributed by atoms with Crippen LogP contribution in [0, 0.1) is 11.3 Å². The minimum atomic E-state index is -4.28. The Morgan fingerprint density at radius 2 is 1.76 bits per heavy atom. The van der Waals surface area contributed by atoms with E-state index in [-0.39, 0.29) is 33.0 Å². The number of aromatic nitrogens is 3. The van der Waals surface area contributed by atoms with Gasteiger partial charge >= 0.3 is 0 Å². The molecular formula is C35H48N6O3S. The summed E-state index contributed by atoms with van der Waals surface area (Å²) >= 11 is 0. The van der Waals surface area contributed by atoms with Gasteiger partial charge in [0.25, 0.3) is 15.9 Å². The number of amides is 1. The Morgan fingerprint density at radius 1 is 1.00 bits per heavy atom. The average molecular weight is 633 g/mol. The van der Waals surface area contributed by atoms with Crippen LogP contribution in [0.25, 0.3) is 0 Å². The van der Waals surface area contributed by atoms with Crippen LogP contribution in [0.5, 0.6) is 0 Å². The number of sulfonamides is 1. The molecule has 4 bridgehead atoms. The molecule has 0 spiro atoms. The van der Waals surface area contributed by atoms with E-state index >= 15 is 0 Å². The number of carbonyl (C=O) groups is 1. The van der Waals surface area contributed by atoms with E-state index in [0.717, 1.165) is 43.5 Å². The van der Waals surface area contributed by atoms with Gasteiger partial charge in [0.15, 0.2) is 5.03 Å². The number of anilines is 2. The molecule has 3 aromatic heterocycles. The molecule has 9 nitrogen and oxygen atoms in total. The number of nitrogens with zero attached hydrogens (tertiary/aromatic N) is 4. The fourth-order valence-corrected chi connectivity index (χ4v) is 7.25. The fraction of sp³-hybridized carbons (Fsp3) is 0.543. The van der Waals surface area contributed by atoms with Gasteiger partial charge in [-0.25, -0.2) is 14.7 Å². The standard InChI is InChI=1S/C35H48N6O3S/c1-33(2,3)18-16-23-17-19-36-27(20-23)26-14-12-24-21-35(7,8)41(22-24)31-25(13-15-28(38-31)34(4,5)6)32(42)40-45(43,44)30-11-9-10-29(37-26)39-30/h9-11,13,15,17,19-20,24,26H,12,14,16,18,21-22H2,1-8H3,(H,37,39)(H,40,42)/t24-,26?/m0/s1. The van der Waals surface area contributed by atoms with Crippen molar-refractivity contribution in [3.05, 3.63) is 71.2 Å². The molecule has 2 atom stereocenters. The van der Waals surface area contributed by atoms with Gasteiger partial charge in [0.2, 0.25) is 0 Å². The maximum atomic E-state index is 13.7. The summed E-state index contributed by atoms with van der Waals surface area (Å²) in [7, 11) is -4.28. The molecule has 2 aliphatic rings. The van der Waals surface area contributed by atoms with Gasteiger partial charge in [-0.3, -0.25) is 9.78 Å². The number of nitrogens with one attached hydrogen (secondary N) is 2. The first-order valence-electron chi connectivity index (χ1n) is 16.0. The number of hydrogen-bond acceptors (Lipinski definition) is 8. The molecule has 242 valence electrons. The van der Waals surface area contributed by atoms with Gasteiger partial charge in [-0.05, 0) is 99.2 Å². The molecule has 0 saturated carbocycles. The molecule has 45 heavy (non-hydrogen) atoms. The smallest absolute Gasteiger partial charge is 0.281 e.